The van der Waals surface area contributed by atoms with E-state index in [1.54, 1.807) is 0 Å². The molecule has 0 radical (unpaired) electrons. The van der Waals surface area contributed by atoms with E-state index in [0.717, 1.165) is 0 Å². The van der Waals surface area contributed by atoms with Gasteiger partial charge in [0.15, 0.2) is 0 Å². The van der Waals surface area contributed by atoms with Gasteiger partial charge in [-0.1, -0.05) is 44.2 Å². The van der Waals surface area contributed by atoms with Crippen molar-refractivity contribution in [1.82, 2.24) is 5.32 Å². The van der Waals surface area contributed by atoms with Gasteiger partial charge in [0.25, 0.3) is 0 Å². The van der Waals surface area contributed by atoms with Crippen LogP contribution in [0.2, 0.25) is 0 Å². The van der Waals surface area contributed by atoms with Gasteiger partial charge < -0.3 is 11.1 Å². The van der Waals surface area contributed by atoms with Crippen LogP contribution >= 0.6 is 0 Å². The van der Waals surface area contributed by atoms with Crippen molar-refractivity contribution in [2.45, 2.75) is 38.8 Å². The molecule has 0 aliphatic heterocycles. The van der Waals surface area contributed by atoms with Crippen molar-refractivity contribution in [3.05, 3.63) is 35.9 Å². The molecule has 1 aromatic carbocycles. The Hall–Kier alpha value is -1.35. The number of nitrogens with two attached hydrogens (primary N) is 1. The summed E-state index contributed by atoms with van der Waals surface area (Å²) in [5.74, 6) is 0.710. The van der Waals surface area contributed by atoms with Crippen LogP contribution in [0, 0.1) is 11.8 Å². The van der Waals surface area contributed by atoms with Crippen molar-refractivity contribution in [2.75, 3.05) is 0 Å². The number of rotatable bonds is 5. The topological polar surface area (TPSA) is 55.1 Å². The number of amides is 1. The van der Waals surface area contributed by atoms with Gasteiger partial charge in [0.05, 0.1) is 12.1 Å². The Morgan fingerprint density at radius 1 is 1.28 bits per heavy atom. The average molecular weight is 246 g/mol. The molecular weight excluding hydrogens is 224 g/mol. The van der Waals surface area contributed by atoms with Crippen LogP contribution in [0.4, 0.5) is 0 Å². The highest BCUT2D eigenvalue weighted by molar-refractivity contribution is 5.82. The third-order valence-corrected chi connectivity index (χ3v) is 3.57. The lowest BCUT2D eigenvalue weighted by molar-refractivity contribution is -0.124. The maximum atomic E-state index is 12.1. The number of benzene rings is 1. The second-order valence-corrected chi connectivity index (χ2v) is 5.50. The van der Waals surface area contributed by atoms with Crippen LogP contribution in [-0.2, 0) is 4.79 Å². The lowest BCUT2D eigenvalue weighted by Crippen LogP contribution is -2.45. The van der Waals surface area contributed by atoms with Crippen LogP contribution in [0.15, 0.2) is 30.3 Å². The van der Waals surface area contributed by atoms with Crippen LogP contribution in [0.25, 0.3) is 0 Å². The quantitative estimate of drug-likeness (QED) is 0.837. The van der Waals surface area contributed by atoms with E-state index in [4.69, 9.17) is 5.73 Å². The van der Waals surface area contributed by atoms with Gasteiger partial charge in [0.1, 0.15) is 0 Å². The molecule has 1 fully saturated rings. The smallest absolute Gasteiger partial charge is 0.237 e. The molecule has 2 rings (SSSR count). The largest absolute Gasteiger partial charge is 0.348 e. The van der Waals surface area contributed by atoms with E-state index >= 15 is 0 Å². The molecular formula is C15H22N2O. The van der Waals surface area contributed by atoms with Crippen molar-refractivity contribution in [3.8, 4) is 0 Å². The molecule has 3 nitrogen and oxygen atoms in total. The highest BCUT2D eigenvalue weighted by atomic mass is 16.2. The highest BCUT2D eigenvalue weighted by Gasteiger charge is 2.34. The molecule has 1 aliphatic rings. The Morgan fingerprint density at radius 3 is 2.39 bits per heavy atom. The molecule has 3 heteroatoms. The first-order valence-electron chi connectivity index (χ1n) is 6.70. The number of hydrogen-bond donors (Lipinski definition) is 2. The third kappa shape index (κ3) is 3.10. The van der Waals surface area contributed by atoms with Gasteiger partial charge >= 0.3 is 0 Å². The Morgan fingerprint density at radius 2 is 1.89 bits per heavy atom. The van der Waals surface area contributed by atoms with E-state index in [-0.39, 0.29) is 17.9 Å². The Kier molecular flexibility index (Phi) is 4.02. The summed E-state index contributed by atoms with van der Waals surface area (Å²) in [6.45, 7) is 3.94. The minimum atomic E-state index is -0.421. The monoisotopic (exact) mass is 246 g/mol. The minimum Gasteiger partial charge on any atom is -0.348 e. The van der Waals surface area contributed by atoms with Crippen LogP contribution in [0.3, 0.4) is 0 Å². The van der Waals surface area contributed by atoms with Crippen molar-refractivity contribution >= 4 is 5.91 Å². The molecule has 0 bridgehead atoms. The molecule has 0 aromatic heterocycles. The van der Waals surface area contributed by atoms with Crippen LogP contribution in [0.1, 0.15) is 38.3 Å². The summed E-state index contributed by atoms with van der Waals surface area (Å²) in [6, 6.07) is 9.88. The molecule has 2 atom stereocenters. The molecule has 18 heavy (non-hydrogen) atoms. The second-order valence-electron chi connectivity index (χ2n) is 5.50. The summed E-state index contributed by atoms with van der Waals surface area (Å²) in [7, 11) is 0. The lowest BCUT2D eigenvalue weighted by atomic mass is 10.00. The van der Waals surface area contributed by atoms with Gasteiger partial charge in [-0.15, -0.1) is 0 Å². The Bertz CT molecular complexity index is 398. The van der Waals surface area contributed by atoms with Gasteiger partial charge in [-0.25, -0.2) is 0 Å². The number of nitrogens with one attached hydrogen (secondary N) is 1. The number of carbonyl (C=O) groups is 1. The molecule has 0 heterocycles. The molecule has 1 aliphatic carbocycles. The molecule has 1 aromatic rings. The highest BCUT2D eigenvalue weighted by Crippen LogP contribution is 2.40. The van der Waals surface area contributed by atoms with Gasteiger partial charge in [-0.2, -0.15) is 0 Å². The van der Waals surface area contributed by atoms with Crippen molar-refractivity contribution < 1.29 is 4.79 Å². The van der Waals surface area contributed by atoms with Crippen LogP contribution < -0.4 is 11.1 Å². The maximum Gasteiger partial charge on any atom is 0.237 e. The Labute approximate surface area is 109 Å². The second kappa shape index (κ2) is 5.53. The van der Waals surface area contributed by atoms with Gasteiger partial charge in [0.2, 0.25) is 5.91 Å². The average Bonchev–Trinajstić information content (AvgIpc) is 3.20. The fraction of sp³-hybridized carbons (Fsp3) is 0.533. The third-order valence-electron chi connectivity index (χ3n) is 3.57. The molecule has 1 amide bonds. The van der Waals surface area contributed by atoms with Gasteiger partial charge in [-0.3, -0.25) is 4.79 Å². The molecule has 0 saturated heterocycles. The lowest BCUT2D eigenvalue weighted by Gasteiger charge is -2.22. The SMILES string of the molecule is CC(C)[C@H](N)C(=O)NC(c1ccccc1)C1CC1. The summed E-state index contributed by atoms with van der Waals surface area (Å²) in [5, 5.41) is 3.11. The summed E-state index contributed by atoms with van der Waals surface area (Å²) < 4.78 is 0. The zero-order valence-corrected chi connectivity index (χ0v) is 11.1. The first-order chi connectivity index (χ1) is 8.59. The first kappa shape index (κ1) is 13.1. The summed E-state index contributed by atoms with van der Waals surface area (Å²) in [4.78, 5) is 12.1. The molecule has 98 valence electrons. The summed E-state index contributed by atoms with van der Waals surface area (Å²) in [5.41, 5.74) is 7.08. The normalized spacial score (nSPS) is 18.4. The summed E-state index contributed by atoms with van der Waals surface area (Å²) >= 11 is 0. The fourth-order valence-corrected chi connectivity index (χ4v) is 2.12. The molecule has 3 N–H and O–H groups in total. The van der Waals surface area contributed by atoms with Crippen LogP contribution in [-0.4, -0.2) is 11.9 Å². The molecule has 0 spiro atoms. The maximum absolute atomic E-state index is 12.1. The van der Waals surface area contributed by atoms with E-state index in [9.17, 15) is 4.79 Å². The number of carbonyl (C=O) groups excluding carboxylic acids is 1. The van der Waals surface area contributed by atoms with E-state index in [2.05, 4.69) is 17.4 Å². The standard InChI is InChI=1S/C15H22N2O/c1-10(2)13(16)15(18)17-14(12-8-9-12)11-6-4-3-5-7-11/h3-7,10,12-14H,8-9,16H2,1-2H3,(H,17,18)/t13-,14?/m0/s1. The molecule has 1 saturated carbocycles. The first-order valence-corrected chi connectivity index (χ1v) is 6.70. The zero-order chi connectivity index (χ0) is 13.1. The van der Waals surface area contributed by atoms with Crippen molar-refractivity contribution in [1.29, 1.82) is 0 Å². The zero-order valence-electron chi connectivity index (χ0n) is 11.1. The van der Waals surface area contributed by atoms with E-state index in [0.29, 0.717) is 5.92 Å². The van der Waals surface area contributed by atoms with E-state index < -0.39 is 6.04 Å². The van der Waals surface area contributed by atoms with Gasteiger partial charge in [0, 0.05) is 0 Å². The van der Waals surface area contributed by atoms with Crippen LogP contribution in [0.5, 0.6) is 0 Å². The van der Waals surface area contributed by atoms with Crippen molar-refractivity contribution in [3.63, 3.8) is 0 Å². The van der Waals surface area contributed by atoms with Gasteiger partial charge in [-0.05, 0) is 30.2 Å². The Balaban J connectivity index is 2.06. The van der Waals surface area contributed by atoms with Crippen molar-refractivity contribution in [2.24, 2.45) is 17.6 Å². The minimum absolute atomic E-state index is 0.0363. The summed E-state index contributed by atoms with van der Waals surface area (Å²) in [6.07, 6.45) is 2.38. The van der Waals surface area contributed by atoms with E-state index in [1.807, 2.05) is 32.0 Å². The predicted molar refractivity (Wildman–Crippen MR) is 72.9 cm³/mol. The number of hydrogen-bond acceptors (Lipinski definition) is 2. The van der Waals surface area contributed by atoms with E-state index in [1.165, 1.54) is 18.4 Å². The fourth-order valence-electron chi connectivity index (χ4n) is 2.12. The predicted octanol–water partition coefficient (Wildman–Crippen LogP) is 2.24. The molecule has 1 unspecified atom stereocenters.